The summed E-state index contributed by atoms with van der Waals surface area (Å²) < 4.78 is 5.74. The second-order valence-electron chi connectivity index (χ2n) is 7.44. The summed E-state index contributed by atoms with van der Waals surface area (Å²) in [6.07, 6.45) is 5.69. The molecule has 0 bridgehead atoms. The lowest BCUT2D eigenvalue weighted by molar-refractivity contribution is -0.169. The molecule has 0 unspecified atom stereocenters. The minimum absolute atomic E-state index is 0.0261. The van der Waals surface area contributed by atoms with Crippen molar-refractivity contribution in [3.8, 4) is 0 Å². The van der Waals surface area contributed by atoms with Gasteiger partial charge in [0.1, 0.15) is 6.61 Å². The van der Waals surface area contributed by atoms with E-state index in [-0.39, 0.29) is 24.5 Å². The Hall–Kier alpha value is -1.95. The number of carbonyl (C=O) groups is 2. The number of hydrogen-bond acceptors (Lipinski definition) is 4. The molecule has 2 aliphatic rings. The molecule has 1 saturated carbocycles. The van der Waals surface area contributed by atoms with Crippen molar-refractivity contribution in [3.05, 3.63) is 30.1 Å². The lowest BCUT2D eigenvalue weighted by atomic mass is 9.97. The smallest absolute Gasteiger partial charge is 0.253 e. The van der Waals surface area contributed by atoms with E-state index in [1.807, 2.05) is 24.1 Å². The Labute approximate surface area is 149 Å². The number of morpholine rings is 1. The molecule has 136 valence electrons. The number of pyridine rings is 1. The van der Waals surface area contributed by atoms with Gasteiger partial charge in [-0.05, 0) is 36.8 Å². The maximum absolute atomic E-state index is 13.0. The van der Waals surface area contributed by atoms with Crippen LogP contribution in [0.4, 0.5) is 0 Å². The molecule has 0 spiro atoms. The molecule has 2 amide bonds. The molecule has 6 nitrogen and oxygen atoms in total. The first-order chi connectivity index (χ1) is 12.0. The average molecular weight is 345 g/mol. The van der Waals surface area contributed by atoms with Crippen LogP contribution in [-0.4, -0.2) is 58.9 Å². The average Bonchev–Trinajstić information content (AvgIpc) is 3.44. The normalized spacial score (nSPS) is 23.8. The molecular formula is C19H27N3O3. The Morgan fingerprint density at radius 1 is 1.44 bits per heavy atom. The number of nitrogens with zero attached hydrogens (tertiary/aromatic N) is 3. The van der Waals surface area contributed by atoms with Crippen LogP contribution < -0.4 is 0 Å². The van der Waals surface area contributed by atoms with Crippen LogP contribution in [0.15, 0.2) is 24.5 Å². The fraction of sp³-hybridized carbons (Fsp3) is 0.632. The van der Waals surface area contributed by atoms with Crippen molar-refractivity contribution >= 4 is 11.8 Å². The minimum atomic E-state index is -0.667. The van der Waals surface area contributed by atoms with Crippen molar-refractivity contribution in [1.82, 2.24) is 14.8 Å². The Bertz CT molecular complexity index is 616. The Kier molecular flexibility index (Phi) is 5.37. The van der Waals surface area contributed by atoms with Crippen molar-refractivity contribution in [2.75, 3.05) is 20.2 Å². The second-order valence-corrected chi connectivity index (χ2v) is 7.44. The number of hydrogen-bond donors (Lipinski definition) is 0. The SMILES string of the molecule is CC(C)CCN(C)C(=O)[C@H]1OCC(=O)N(C2CC2)[C@@H]1c1cccnc1. The van der Waals surface area contributed by atoms with Crippen LogP contribution in [0.2, 0.25) is 0 Å². The summed E-state index contributed by atoms with van der Waals surface area (Å²) in [5, 5.41) is 0. The van der Waals surface area contributed by atoms with Gasteiger partial charge in [0, 0.05) is 32.0 Å². The van der Waals surface area contributed by atoms with E-state index in [1.165, 1.54) is 0 Å². The van der Waals surface area contributed by atoms with Crippen LogP contribution in [0.5, 0.6) is 0 Å². The minimum Gasteiger partial charge on any atom is -0.356 e. The second kappa shape index (κ2) is 7.52. The van der Waals surface area contributed by atoms with Crippen LogP contribution in [0.25, 0.3) is 0 Å². The molecule has 2 atom stereocenters. The third-order valence-electron chi connectivity index (χ3n) is 4.89. The van der Waals surface area contributed by atoms with E-state index < -0.39 is 12.1 Å². The summed E-state index contributed by atoms with van der Waals surface area (Å²) in [5.41, 5.74) is 0.859. The van der Waals surface area contributed by atoms with Crippen molar-refractivity contribution < 1.29 is 14.3 Å². The van der Waals surface area contributed by atoms with Crippen molar-refractivity contribution in [2.45, 2.75) is 51.3 Å². The molecule has 1 aromatic heterocycles. The molecule has 2 heterocycles. The Morgan fingerprint density at radius 3 is 2.80 bits per heavy atom. The van der Waals surface area contributed by atoms with Gasteiger partial charge in [0.05, 0.1) is 6.04 Å². The number of aromatic nitrogens is 1. The summed E-state index contributed by atoms with van der Waals surface area (Å²) in [6, 6.07) is 3.58. The van der Waals surface area contributed by atoms with Gasteiger partial charge in [0.15, 0.2) is 6.10 Å². The van der Waals surface area contributed by atoms with Gasteiger partial charge in [-0.25, -0.2) is 0 Å². The molecule has 1 saturated heterocycles. The summed E-state index contributed by atoms with van der Waals surface area (Å²) in [7, 11) is 1.81. The lowest BCUT2D eigenvalue weighted by Crippen LogP contribution is -2.55. The highest BCUT2D eigenvalue weighted by atomic mass is 16.5. The molecule has 1 aliphatic heterocycles. The van der Waals surface area contributed by atoms with E-state index >= 15 is 0 Å². The van der Waals surface area contributed by atoms with Gasteiger partial charge >= 0.3 is 0 Å². The van der Waals surface area contributed by atoms with Crippen LogP contribution in [0.1, 0.15) is 44.7 Å². The topological polar surface area (TPSA) is 62.7 Å². The van der Waals surface area contributed by atoms with Crippen molar-refractivity contribution in [3.63, 3.8) is 0 Å². The van der Waals surface area contributed by atoms with Gasteiger partial charge in [0.2, 0.25) is 5.91 Å². The number of amides is 2. The first kappa shape index (κ1) is 17.9. The van der Waals surface area contributed by atoms with Crippen LogP contribution >= 0.6 is 0 Å². The van der Waals surface area contributed by atoms with Crippen LogP contribution in [0, 0.1) is 5.92 Å². The molecule has 0 aromatic carbocycles. The fourth-order valence-electron chi connectivity index (χ4n) is 3.28. The van der Waals surface area contributed by atoms with Crippen LogP contribution in [-0.2, 0) is 14.3 Å². The highest BCUT2D eigenvalue weighted by Crippen LogP contribution is 2.39. The number of likely N-dealkylation sites (N-methyl/N-ethyl adjacent to an activating group) is 1. The molecule has 0 radical (unpaired) electrons. The molecule has 6 heteroatoms. The zero-order chi connectivity index (χ0) is 18.0. The molecule has 1 aromatic rings. The van der Waals surface area contributed by atoms with Gasteiger partial charge in [0.25, 0.3) is 5.91 Å². The lowest BCUT2D eigenvalue weighted by Gasteiger charge is -2.41. The number of carbonyl (C=O) groups excluding carboxylic acids is 2. The zero-order valence-electron chi connectivity index (χ0n) is 15.2. The highest BCUT2D eigenvalue weighted by molar-refractivity contribution is 5.86. The standard InChI is InChI=1S/C19H27N3O3/c1-13(2)8-10-21(3)19(24)18-17(14-5-4-9-20-11-14)22(15-6-7-15)16(23)12-25-18/h4-5,9,11,13,15,17-18H,6-8,10,12H2,1-3H3/t17-,18+/m1/s1. The quantitative estimate of drug-likeness (QED) is 0.791. The zero-order valence-corrected chi connectivity index (χ0v) is 15.2. The number of ether oxygens (including phenoxy) is 1. The summed E-state index contributed by atoms with van der Waals surface area (Å²) in [6.45, 7) is 4.94. The monoisotopic (exact) mass is 345 g/mol. The molecule has 0 N–H and O–H groups in total. The summed E-state index contributed by atoms with van der Waals surface area (Å²) in [5.74, 6) is 0.430. The van der Waals surface area contributed by atoms with E-state index in [1.54, 1.807) is 17.3 Å². The van der Waals surface area contributed by atoms with Gasteiger partial charge in [-0.15, -0.1) is 0 Å². The third kappa shape index (κ3) is 4.00. The predicted molar refractivity (Wildman–Crippen MR) is 93.7 cm³/mol. The largest absolute Gasteiger partial charge is 0.356 e. The van der Waals surface area contributed by atoms with Crippen molar-refractivity contribution in [2.24, 2.45) is 5.92 Å². The number of rotatable bonds is 6. The third-order valence-corrected chi connectivity index (χ3v) is 4.89. The maximum Gasteiger partial charge on any atom is 0.253 e. The van der Waals surface area contributed by atoms with E-state index in [0.29, 0.717) is 12.5 Å². The maximum atomic E-state index is 13.0. The molecule has 25 heavy (non-hydrogen) atoms. The van der Waals surface area contributed by atoms with Crippen molar-refractivity contribution in [1.29, 1.82) is 0 Å². The van der Waals surface area contributed by atoms with Gasteiger partial charge in [-0.3, -0.25) is 14.6 Å². The van der Waals surface area contributed by atoms with E-state index in [4.69, 9.17) is 4.74 Å². The molecule has 1 aliphatic carbocycles. The Balaban J connectivity index is 1.85. The van der Waals surface area contributed by atoms with Crippen LogP contribution in [0.3, 0.4) is 0 Å². The molecule has 2 fully saturated rings. The predicted octanol–water partition coefficient (Wildman–Crippen LogP) is 2.02. The Morgan fingerprint density at radius 2 is 2.20 bits per heavy atom. The van der Waals surface area contributed by atoms with Gasteiger partial charge in [-0.1, -0.05) is 19.9 Å². The van der Waals surface area contributed by atoms with Gasteiger partial charge < -0.3 is 14.5 Å². The van der Waals surface area contributed by atoms with Gasteiger partial charge in [-0.2, -0.15) is 0 Å². The first-order valence-corrected chi connectivity index (χ1v) is 9.06. The first-order valence-electron chi connectivity index (χ1n) is 9.06. The van der Waals surface area contributed by atoms with E-state index in [0.717, 1.165) is 24.8 Å². The highest BCUT2D eigenvalue weighted by Gasteiger charge is 2.48. The van der Waals surface area contributed by atoms with E-state index in [9.17, 15) is 9.59 Å². The molecular weight excluding hydrogens is 318 g/mol. The summed E-state index contributed by atoms with van der Waals surface area (Å²) in [4.78, 5) is 33.3. The van der Waals surface area contributed by atoms with E-state index in [2.05, 4.69) is 18.8 Å². The fourth-order valence-corrected chi connectivity index (χ4v) is 3.28. The molecule has 3 rings (SSSR count). The summed E-state index contributed by atoms with van der Waals surface area (Å²) >= 11 is 0.